The predicted octanol–water partition coefficient (Wildman–Crippen LogP) is 4.86. The van der Waals surface area contributed by atoms with Gasteiger partial charge in [0, 0.05) is 6.42 Å². The maximum absolute atomic E-state index is 3.35. The van der Waals surface area contributed by atoms with Crippen LogP contribution in [0.25, 0.3) is 0 Å². The molecule has 18 heavy (non-hydrogen) atoms. The lowest BCUT2D eigenvalue weighted by Gasteiger charge is -2.26. The summed E-state index contributed by atoms with van der Waals surface area (Å²) in [4.78, 5) is 2.17. The summed E-state index contributed by atoms with van der Waals surface area (Å²) in [6.45, 7) is 6.62. The van der Waals surface area contributed by atoms with E-state index in [9.17, 15) is 0 Å². The van der Waals surface area contributed by atoms with Crippen molar-refractivity contribution in [2.24, 2.45) is 0 Å². The van der Waals surface area contributed by atoms with E-state index in [2.05, 4.69) is 51.6 Å². The van der Waals surface area contributed by atoms with E-state index < -0.39 is 0 Å². The molecule has 0 aliphatic heterocycles. The maximum atomic E-state index is 3.35. The largest absolute Gasteiger partial charge is 0.294 e. The molecule has 0 amide bonds. The third-order valence-corrected chi connectivity index (χ3v) is 3.67. The van der Waals surface area contributed by atoms with E-state index in [0.717, 1.165) is 6.42 Å². The van der Waals surface area contributed by atoms with Crippen LogP contribution in [0, 0.1) is 11.8 Å². The minimum absolute atomic E-state index is 0.0140. The molecule has 0 atom stereocenters. The Kier molecular flexibility index (Phi) is 10.2. The Morgan fingerprint density at radius 3 is 1.83 bits per heavy atom. The average Bonchev–Trinajstić information content (AvgIpc) is 2.31. The SMILES string of the molecule is CCCCCCCCCCC#CC(C)(C)N(C)C. The molecule has 0 heterocycles. The molecule has 0 aromatic rings. The van der Waals surface area contributed by atoms with Crippen molar-refractivity contribution in [1.82, 2.24) is 4.90 Å². The van der Waals surface area contributed by atoms with Crippen molar-refractivity contribution in [3.63, 3.8) is 0 Å². The fraction of sp³-hybridized carbons (Fsp3) is 0.882. The second kappa shape index (κ2) is 10.4. The van der Waals surface area contributed by atoms with Crippen molar-refractivity contribution in [3.05, 3.63) is 0 Å². The first kappa shape index (κ1) is 17.5. The topological polar surface area (TPSA) is 3.24 Å². The zero-order valence-electron chi connectivity index (χ0n) is 13.3. The molecular formula is C17H33N. The molecule has 0 aromatic carbocycles. The molecule has 0 saturated carbocycles. The molecule has 0 aliphatic carbocycles. The standard InChI is InChI=1S/C17H33N/c1-6-7-8-9-10-11-12-13-14-15-16-17(2,3)18(4)5/h6-14H2,1-5H3. The quantitative estimate of drug-likeness (QED) is 0.418. The van der Waals surface area contributed by atoms with Crippen LogP contribution in [0.5, 0.6) is 0 Å². The summed E-state index contributed by atoms with van der Waals surface area (Å²) in [7, 11) is 4.18. The van der Waals surface area contributed by atoms with Gasteiger partial charge in [-0.1, -0.05) is 57.8 Å². The zero-order valence-corrected chi connectivity index (χ0v) is 13.3. The Morgan fingerprint density at radius 2 is 1.33 bits per heavy atom. The van der Waals surface area contributed by atoms with Crippen molar-refractivity contribution in [2.45, 2.75) is 84.1 Å². The summed E-state index contributed by atoms with van der Waals surface area (Å²) >= 11 is 0. The van der Waals surface area contributed by atoms with Gasteiger partial charge in [0.25, 0.3) is 0 Å². The lowest BCUT2D eigenvalue weighted by Crippen LogP contribution is -2.36. The van der Waals surface area contributed by atoms with E-state index >= 15 is 0 Å². The lowest BCUT2D eigenvalue weighted by atomic mass is 10.0. The smallest absolute Gasteiger partial charge is 0.0763 e. The molecule has 0 unspecified atom stereocenters. The van der Waals surface area contributed by atoms with E-state index in [1.165, 1.54) is 51.4 Å². The molecule has 0 radical (unpaired) electrons. The van der Waals surface area contributed by atoms with E-state index in [1.807, 2.05) is 0 Å². The molecule has 0 fully saturated rings. The van der Waals surface area contributed by atoms with Crippen molar-refractivity contribution in [2.75, 3.05) is 14.1 Å². The van der Waals surface area contributed by atoms with Gasteiger partial charge >= 0.3 is 0 Å². The summed E-state index contributed by atoms with van der Waals surface area (Å²) < 4.78 is 0. The zero-order chi connectivity index (χ0) is 13.9. The van der Waals surface area contributed by atoms with Crippen LogP contribution >= 0.6 is 0 Å². The first-order valence-electron chi connectivity index (χ1n) is 7.68. The van der Waals surface area contributed by atoms with Crippen molar-refractivity contribution in [3.8, 4) is 11.8 Å². The van der Waals surface area contributed by atoms with Gasteiger partial charge in [0.15, 0.2) is 0 Å². The highest BCUT2D eigenvalue weighted by atomic mass is 15.1. The monoisotopic (exact) mass is 251 g/mol. The van der Waals surface area contributed by atoms with Crippen LogP contribution in [0.2, 0.25) is 0 Å². The predicted molar refractivity (Wildman–Crippen MR) is 82.8 cm³/mol. The molecule has 0 aromatic heterocycles. The summed E-state index contributed by atoms with van der Waals surface area (Å²) in [5.41, 5.74) is 0.0140. The van der Waals surface area contributed by atoms with Crippen LogP contribution in [0.4, 0.5) is 0 Å². The molecule has 0 spiro atoms. The molecule has 1 nitrogen and oxygen atoms in total. The van der Waals surface area contributed by atoms with Crippen molar-refractivity contribution >= 4 is 0 Å². The van der Waals surface area contributed by atoms with E-state index in [1.54, 1.807) is 0 Å². The highest BCUT2D eigenvalue weighted by Crippen LogP contribution is 2.10. The van der Waals surface area contributed by atoms with Gasteiger partial charge in [-0.05, 0) is 34.4 Å². The average molecular weight is 251 g/mol. The maximum Gasteiger partial charge on any atom is 0.0763 e. The second-order valence-corrected chi connectivity index (χ2v) is 5.98. The van der Waals surface area contributed by atoms with Gasteiger partial charge in [-0.2, -0.15) is 0 Å². The van der Waals surface area contributed by atoms with Crippen LogP contribution in [0.15, 0.2) is 0 Å². The van der Waals surface area contributed by atoms with Crippen LogP contribution in [0.1, 0.15) is 78.6 Å². The lowest BCUT2D eigenvalue weighted by molar-refractivity contribution is 0.263. The summed E-state index contributed by atoms with van der Waals surface area (Å²) in [6, 6.07) is 0. The van der Waals surface area contributed by atoms with Gasteiger partial charge in [0.05, 0.1) is 5.54 Å². The van der Waals surface area contributed by atoms with Crippen LogP contribution in [-0.2, 0) is 0 Å². The molecule has 0 rings (SSSR count). The Morgan fingerprint density at radius 1 is 0.833 bits per heavy atom. The first-order chi connectivity index (χ1) is 8.50. The second-order valence-electron chi connectivity index (χ2n) is 5.98. The van der Waals surface area contributed by atoms with Gasteiger partial charge < -0.3 is 0 Å². The van der Waals surface area contributed by atoms with Crippen molar-refractivity contribution in [1.29, 1.82) is 0 Å². The Labute approximate surface area is 115 Å². The van der Waals surface area contributed by atoms with Crippen LogP contribution in [-0.4, -0.2) is 24.5 Å². The molecular weight excluding hydrogens is 218 g/mol. The van der Waals surface area contributed by atoms with Gasteiger partial charge in [0.1, 0.15) is 0 Å². The highest BCUT2D eigenvalue weighted by molar-refractivity contribution is 5.13. The van der Waals surface area contributed by atoms with E-state index in [4.69, 9.17) is 0 Å². The Balaban J connectivity index is 3.43. The Bertz CT molecular complexity index is 242. The van der Waals surface area contributed by atoms with Crippen molar-refractivity contribution < 1.29 is 0 Å². The number of nitrogens with zero attached hydrogens (tertiary/aromatic N) is 1. The number of unbranched alkanes of at least 4 members (excludes halogenated alkanes) is 8. The number of hydrogen-bond acceptors (Lipinski definition) is 1. The Hall–Kier alpha value is -0.480. The summed E-state index contributed by atoms with van der Waals surface area (Å²) in [6.07, 6.45) is 12.1. The van der Waals surface area contributed by atoms with E-state index in [-0.39, 0.29) is 5.54 Å². The van der Waals surface area contributed by atoms with Crippen LogP contribution < -0.4 is 0 Å². The van der Waals surface area contributed by atoms with E-state index in [0.29, 0.717) is 0 Å². The van der Waals surface area contributed by atoms with Gasteiger partial charge in [0.2, 0.25) is 0 Å². The summed E-state index contributed by atoms with van der Waals surface area (Å²) in [5, 5.41) is 0. The third kappa shape index (κ3) is 9.54. The number of rotatable bonds is 9. The fourth-order valence-corrected chi connectivity index (χ4v) is 1.74. The van der Waals surface area contributed by atoms with Gasteiger partial charge in [-0.15, -0.1) is 5.92 Å². The highest BCUT2D eigenvalue weighted by Gasteiger charge is 2.15. The molecule has 106 valence electrons. The minimum Gasteiger partial charge on any atom is -0.294 e. The number of hydrogen-bond donors (Lipinski definition) is 0. The first-order valence-corrected chi connectivity index (χ1v) is 7.68. The normalized spacial score (nSPS) is 11.4. The minimum atomic E-state index is 0.0140. The molecule has 0 bridgehead atoms. The van der Waals surface area contributed by atoms with Crippen LogP contribution in [0.3, 0.4) is 0 Å². The summed E-state index contributed by atoms with van der Waals surface area (Å²) in [5.74, 6) is 6.68. The molecule has 0 aliphatic rings. The molecule has 0 saturated heterocycles. The van der Waals surface area contributed by atoms with Gasteiger partial charge in [-0.3, -0.25) is 4.90 Å². The van der Waals surface area contributed by atoms with Gasteiger partial charge in [-0.25, -0.2) is 0 Å². The molecule has 0 N–H and O–H groups in total. The third-order valence-electron chi connectivity index (χ3n) is 3.67. The molecule has 1 heteroatoms. The fourth-order valence-electron chi connectivity index (χ4n) is 1.74.